The van der Waals surface area contributed by atoms with Crippen LogP contribution < -0.4 is 5.32 Å². The van der Waals surface area contributed by atoms with E-state index in [0.717, 1.165) is 25.1 Å². The third-order valence-corrected chi connectivity index (χ3v) is 2.43. The SMILES string of the molecule is C=C/C=C(\C=C(/C)C1=CCNCC1)[N+](=O)[O-]. The van der Waals surface area contributed by atoms with Crippen molar-refractivity contribution in [1.82, 2.24) is 5.32 Å². The fraction of sp³-hybridized carbons (Fsp3) is 0.333. The van der Waals surface area contributed by atoms with E-state index < -0.39 is 4.92 Å². The van der Waals surface area contributed by atoms with Gasteiger partial charge in [-0.2, -0.15) is 0 Å². The maximum Gasteiger partial charge on any atom is 0.269 e. The fourth-order valence-electron chi connectivity index (χ4n) is 1.58. The lowest BCUT2D eigenvalue weighted by molar-refractivity contribution is -0.419. The second-order valence-corrected chi connectivity index (χ2v) is 3.60. The molecule has 1 aliphatic heterocycles. The lowest BCUT2D eigenvalue weighted by Crippen LogP contribution is -2.20. The molecule has 0 aliphatic carbocycles. The molecule has 0 aromatic rings. The zero-order valence-electron chi connectivity index (χ0n) is 9.40. The van der Waals surface area contributed by atoms with Crippen LogP contribution in [0.1, 0.15) is 13.3 Å². The van der Waals surface area contributed by atoms with E-state index >= 15 is 0 Å². The standard InChI is InChI=1S/C12H16N2O2/c1-3-4-12(14(15)16)9-10(2)11-5-7-13-8-6-11/h3-5,9,13H,1,6-8H2,2H3/b10-9+,12-4+. The van der Waals surface area contributed by atoms with E-state index in [1.807, 2.05) is 6.92 Å². The number of nitrogens with zero attached hydrogens (tertiary/aromatic N) is 1. The smallest absolute Gasteiger partial charge is 0.269 e. The third-order valence-electron chi connectivity index (χ3n) is 2.43. The van der Waals surface area contributed by atoms with Gasteiger partial charge in [-0.25, -0.2) is 0 Å². The molecule has 4 nitrogen and oxygen atoms in total. The summed E-state index contributed by atoms with van der Waals surface area (Å²) < 4.78 is 0. The number of nitrogens with one attached hydrogen (secondary N) is 1. The predicted octanol–water partition coefficient (Wildman–Crippen LogP) is 2.20. The van der Waals surface area contributed by atoms with Crippen molar-refractivity contribution in [3.05, 3.63) is 57.8 Å². The van der Waals surface area contributed by atoms with E-state index in [2.05, 4.69) is 18.0 Å². The van der Waals surface area contributed by atoms with Crippen LogP contribution in [0.3, 0.4) is 0 Å². The van der Waals surface area contributed by atoms with E-state index in [1.54, 1.807) is 6.08 Å². The van der Waals surface area contributed by atoms with Gasteiger partial charge in [0.1, 0.15) is 0 Å². The monoisotopic (exact) mass is 220 g/mol. The molecule has 1 rings (SSSR count). The molecule has 0 saturated carbocycles. The van der Waals surface area contributed by atoms with E-state index in [4.69, 9.17) is 0 Å². The summed E-state index contributed by atoms with van der Waals surface area (Å²) >= 11 is 0. The van der Waals surface area contributed by atoms with Crippen LogP contribution >= 0.6 is 0 Å². The Morgan fingerprint density at radius 2 is 2.44 bits per heavy atom. The number of nitro groups is 1. The summed E-state index contributed by atoms with van der Waals surface area (Å²) in [5, 5.41) is 13.9. The Morgan fingerprint density at radius 1 is 1.69 bits per heavy atom. The molecular weight excluding hydrogens is 204 g/mol. The van der Waals surface area contributed by atoms with Gasteiger partial charge >= 0.3 is 0 Å². The van der Waals surface area contributed by atoms with Gasteiger partial charge in [0.05, 0.1) is 4.92 Å². The first kappa shape index (κ1) is 12.4. The molecule has 0 aromatic heterocycles. The Bertz CT molecular complexity index is 378. The summed E-state index contributed by atoms with van der Waals surface area (Å²) in [6.07, 6.45) is 7.42. The largest absolute Gasteiger partial charge is 0.313 e. The van der Waals surface area contributed by atoms with Gasteiger partial charge in [-0.05, 0) is 31.0 Å². The topological polar surface area (TPSA) is 55.2 Å². The molecule has 0 spiro atoms. The first-order chi connectivity index (χ1) is 7.65. The minimum Gasteiger partial charge on any atom is -0.313 e. The molecule has 1 aliphatic rings. The average molecular weight is 220 g/mol. The Balaban J connectivity index is 2.88. The molecule has 86 valence electrons. The molecule has 1 heterocycles. The van der Waals surface area contributed by atoms with Crippen molar-refractivity contribution in [3.63, 3.8) is 0 Å². The molecule has 0 saturated heterocycles. The Morgan fingerprint density at radius 3 is 2.94 bits per heavy atom. The minimum atomic E-state index is -0.396. The summed E-state index contributed by atoms with van der Waals surface area (Å²) in [5.74, 6) is 0. The molecule has 16 heavy (non-hydrogen) atoms. The average Bonchev–Trinajstić information content (AvgIpc) is 2.29. The van der Waals surface area contributed by atoms with Gasteiger partial charge in [-0.3, -0.25) is 10.1 Å². The summed E-state index contributed by atoms with van der Waals surface area (Å²) in [4.78, 5) is 10.3. The Kier molecular flexibility index (Phi) is 4.66. The lowest BCUT2D eigenvalue weighted by Gasteiger charge is -2.13. The highest BCUT2D eigenvalue weighted by Gasteiger charge is 2.09. The van der Waals surface area contributed by atoms with Crippen molar-refractivity contribution < 1.29 is 4.92 Å². The molecule has 0 radical (unpaired) electrons. The maximum absolute atomic E-state index is 10.7. The second kappa shape index (κ2) is 6.02. The van der Waals surface area contributed by atoms with Crippen LogP contribution in [0.5, 0.6) is 0 Å². The van der Waals surface area contributed by atoms with Gasteiger partial charge in [0.15, 0.2) is 0 Å². The van der Waals surface area contributed by atoms with Crippen LogP contribution in [0.2, 0.25) is 0 Å². The van der Waals surface area contributed by atoms with Gasteiger partial charge in [-0.15, -0.1) is 0 Å². The maximum atomic E-state index is 10.7. The van der Waals surface area contributed by atoms with Crippen LogP contribution in [0, 0.1) is 10.1 Å². The molecule has 0 unspecified atom stereocenters. The van der Waals surface area contributed by atoms with E-state index in [0.29, 0.717) is 0 Å². The Hall–Kier alpha value is -1.68. The number of hydrogen-bond donors (Lipinski definition) is 1. The molecule has 0 atom stereocenters. The molecule has 0 bridgehead atoms. The number of allylic oxidation sites excluding steroid dienone is 4. The molecule has 0 aromatic carbocycles. The zero-order chi connectivity index (χ0) is 12.0. The van der Waals surface area contributed by atoms with Crippen molar-refractivity contribution in [1.29, 1.82) is 0 Å². The highest BCUT2D eigenvalue weighted by Crippen LogP contribution is 2.17. The summed E-state index contributed by atoms with van der Waals surface area (Å²) in [7, 11) is 0. The molecule has 0 fully saturated rings. The van der Waals surface area contributed by atoms with Crippen molar-refractivity contribution in [2.75, 3.05) is 13.1 Å². The minimum absolute atomic E-state index is 0.0759. The number of rotatable bonds is 4. The van der Waals surface area contributed by atoms with E-state index in [9.17, 15) is 10.1 Å². The molecule has 0 amide bonds. The summed E-state index contributed by atoms with van der Waals surface area (Å²) in [6.45, 7) is 7.13. The van der Waals surface area contributed by atoms with Crippen LogP contribution in [-0.2, 0) is 0 Å². The number of hydrogen-bond acceptors (Lipinski definition) is 3. The quantitative estimate of drug-likeness (QED) is 0.449. The van der Waals surface area contributed by atoms with Gasteiger partial charge in [0, 0.05) is 18.7 Å². The van der Waals surface area contributed by atoms with Gasteiger partial charge in [-0.1, -0.05) is 18.7 Å². The van der Waals surface area contributed by atoms with Crippen molar-refractivity contribution in [2.45, 2.75) is 13.3 Å². The molecule has 1 N–H and O–H groups in total. The summed E-state index contributed by atoms with van der Waals surface area (Å²) in [6, 6.07) is 0. The first-order valence-electron chi connectivity index (χ1n) is 5.20. The normalized spacial score (nSPS) is 17.9. The predicted molar refractivity (Wildman–Crippen MR) is 64.6 cm³/mol. The van der Waals surface area contributed by atoms with Crippen LogP contribution in [0.4, 0.5) is 0 Å². The first-order valence-corrected chi connectivity index (χ1v) is 5.20. The van der Waals surface area contributed by atoms with Gasteiger partial charge < -0.3 is 5.32 Å². The Labute approximate surface area is 95.2 Å². The highest BCUT2D eigenvalue weighted by atomic mass is 16.6. The fourth-order valence-corrected chi connectivity index (χ4v) is 1.58. The van der Waals surface area contributed by atoms with Gasteiger partial charge in [0.2, 0.25) is 0 Å². The van der Waals surface area contributed by atoms with Crippen molar-refractivity contribution in [2.24, 2.45) is 0 Å². The molecular formula is C12H16N2O2. The van der Waals surface area contributed by atoms with Crippen LogP contribution in [0.25, 0.3) is 0 Å². The van der Waals surface area contributed by atoms with Crippen molar-refractivity contribution >= 4 is 0 Å². The molecule has 4 heteroatoms. The van der Waals surface area contributed by atoms with Crippen molar-refractivity contribution in [3.8, 4) is 0 Å². The lowest BCUT2D eigenvalue weighted by atomic mass is 10.0. The zero-order valence-corrected chi connectivity index (χ0v) is 9.40. The van der Waals surface area contributed by atoms with E-state index in [1.165, 1.54) is 17.7 Å². The second-order valence-electron chi connectivity index (χ2n) is 3.60. The van der Waals surface area contributed by atoms with Crippen LogP contribution in [0.15, 0.2) is 47.7 Å². The highest BCUT2D eigenvalue weighted by molar-refractivity contribution is 5.35. The van der Waals surface area contributed by atoms with E-state index in [-0.39, 0.29) is 5.70 Å². The van der Waals surface area contributed by atoms with Gasteiger partial charge in [0.25, 0.3) is 5.70 Å². The third kappa shape index (κ3) is 3.47. The summed E-state index contributed by atoms with van der Waals surface area (Å²) in [5.41, 5.74) is 2.20. The van der Waals surface area contributed by atoms with Crippen LogP contribution in [-0.4, -0.2) is 18.0 Å².